The molecule has 1 saturated heterocycles. The van der Waals surface area contributed by atoms with E-state index < -0.39 is 5.60 Å². The molecular formula is C15H23N5O. The summed E-state index contributed by atoms with van der Waals surface area (Å²) in [5.41, 5.74) is 1.20. The van der Waals surface area contributed by atoms with Gasteiger partial charge in [0.25, 0.3) is 0 Å². The average Bonchev–Trinajstić information content (AvgIpc) is 3.11. The lowest BCUT2D eigenvalue weighted by molar-refractivity contribution is 0.0409. The van der Waals surface area contributed by atoms with Crippen LogP contribution >= 0.6 is 0 Å². The van der Waals surface area contributed by atoms with Crippen molar-refractivity contribution in [3.63, 3.8) is 0 Å². The fraction of sp³-hybridized carbons (Fsp3) is 0.600. The smallest absolute Gasteiger partial charge is 0.120 e. The highest BCUT2D eigenvalue weighted by molar-refractivity contribution is 5.14. The summed E-state index contributed by atoms with van der Waals surface area (Å²) in [6, 6.07) is 1.85. The molecule has 0 saturated carbocycles. The molecule has 3 rings (SSSR count). The van der Waals surface area contributed by atoms with Crippen molar-refractivity contribution >= 4 is 0 Å². The van der Waals surface area contributed by atoms with Crippen molar-refractivity contribution in [2.24, 2.45) is 5.92 Å². The van der Waals surface area contributed by atoms with Gasteiger partial charge < -0.3 is 5.11 Å². The number of β-amino-alcohol motifs (C(OH)–C–C–N with tert-alkyl or cyclic N) is 1. The number of H-pyrrole nitrogens is 1. The number of nitrogens with one attached hydrogen (secondary N) is 1. The third-order valence-electron chi connectivity index (χ3n) is 3.97. The minimum atomic E-state index is -0.801. The molecule has 6 nitrogen and oxygen atoms in total. The van der Waals surface area contributed by atoms with Gasteiger partial charge in [-0.15, -0.1) is 0 Å². The summed E-state index contributed by atoms with van der Waals surface area (Å²) in [7, 11) is 0. The van der Waals surface area contributed by atoms with Crippen LogP contribution in [-0.2, 0) is 18.7 Å². The molecule has 1 atom stereocenters. The van der Waals surface area contributed by atoms with E-state index in [1.54, 1.807) is 6.20 Å². The zero-order valence-corrected chi connectivity index (χ0v) is 12.7. The molecule has 1 aliphatic rings. The van der Waals surface area contributed by atoms with Gasteiger partial charge in [-0.1, -0.05) is 13.8 Å². The third-order valence-corrected chi connectivity index (χ3v) is 3.97. The van der Waals surface area contributed by atoms with Crippen LogP contribution in [0.4, 0.5) is 0 Å². The fourth-order valence-corrected chi connectivity index (χ4v) is 2.96. The monoisotopic (exact) mass is 289 g/mol. The molecule has 0 spiro atoms. The number of aromatic nitrogens is 4. The second-order valence-electron chi connectivity index (χ2n) is 6.43. The van der Waals surface area contributed by atoms with E-state index >= 15 is 0 Å². The number of hydrogen-bond donors (Lipinski definition) is 2. The normalized spacial score (nSPS) is 23.2. The molecular weight excluding hydrogens is 266 g/mol. The topological polar surface area (TPSA) is 70.0 Å². The number of hydrogen-bond acceptors (Lipinski definition) is 4. The summed E-state index contributed by atoms with van der Waals surface area (Å²) in [6.45, 7) is 7.65. The minimum absolute atomic E-state index is 0.593. The molecule has 1 aliphatic heterocycles. The first-order valence-corrected chi connectivity index (χ1v) is 7.51. The highest BCUT2D eigenvalue weighted by Crippen LogP contribution is 2.31. The Labute approximate surface area is 124 Å². The SMILES string of the molecule is CC(C)Cn1cc(CN2CCC(O)(c3ccn[nH]3)C2)cn1. The Balaban J connectivity index is 1.61. The summed E-state index contributed by atoms with van der Waals surface area (Å²) in [6.07, 6.45) is 6.45. The number of aliphatic hydroxyl groups is 1. The van der Waals surface area contributed by atoms with Crippen LogP contribution in [0.1, 0.15) is 31.5 Å². The second kappa shape index (κ2) is 5.61. The van der Waals surface area contributed by atoms with Gasteiger partial charge in [-0.2, -0.15) is 10.2 Å². The van der Waals surface area contributed by atoms with Crippen LogP contribution in [0.2, 0.25) is 0 Å². The van der Waals surface area contributed by atoms with Crippen LogP contribution < -0.4 is 0 Å². The summed E-state index contributed by atoms with van der Waals surface area (Å²) in [4.78, 5) is 2.26. The summed E-state index contributed by atoms with van der Waals surface area (Å²) < 4.78 is 2.00. The second-order valence-corrected chi connectivity index (χ2v) is 6.43. The average molecular weight is 289 g/mol. The number of likely N-dealkylation sites (tertiary alicyclic amines) is 1. The van der Waals surface area contributed by atoms with Gasteiger partial charge in [0.05, 0.1) is 11.9 Å². The van der Waals surface area contributed by atoms with E-state index in [1.807, 2.05) is 16.9 Å². The molecule has 3 heterocycles. The van der Waals surface area contributed by atoms with Crippen LogP contribution in [0.3, 0.4) is 0 Å². The van der Waals surface area contributed by atoms with E-state index in [1.165, 1.54) is 5.56 Å². The first-order chi connectivity index (χ1) is 10.0. The maximum atomic E-state index is 10.7. The van der Waals surface area contributed by atoms with Crippen molar-refractivity contribution in [3.8, 4) is 0 Å². The highest BCUT2D eigenvalue weighted by Gasteiger charge is 2.38. The molecule has 0 aliphatic carbocycles. The first kappa shape index (κ1) is 14.3. The Hall–Kier alpha value is -1.66. The Bertz CT molecular complexity index is 577. The lowest BCUT2D eigenvalue weighted by Gasteiger charge is -2.21. The molecule has 21 heavy (non-hydrogen) atoms. The van der Waals surface area contributed by atoms with Crippen molar-refractivity contribution in [2.75, 3.05) is 13.1 Å². The standard InChI is InChI=1S/C15H23N5O/c1-12(2)8-20-10-13(7-17-20)9-19-6-4-15(21,11-19)14-3-5-16-18-14/h3,5,7,10,12,21H,4,6,8-9,11H2,1-2H3,(H,16,18). The predicted molar refractivity (Wildman–Crippen MR) is 79.4 cm³/mol. The van der Waals surface area contributed by atoms with Crippen LogP contribution in [0.15, 0.2) is 24.7 Å². The van der Waals surface area contributed by atoms with Gasteiger partial charge in [-0.3, -0.25) is 14.7 Å². The number of aromatic amines is 1. The Kier molecular flexibility index (Phi) is 3.82. The third kappa shape index (κ3) is 3.16. The first-order valence-electron chi connectivity index (χ1n) is 7.51. The molecule has 2 N–H and O–H groups in total. The van der Waals surface area contributed by atoms with Gasteiger partial charge in [0.15, 0.2) is 0 Å². The van der Waals surface area contributed by atoms with Crippen molar-refractivity contribution in [2.45, 2.75) is 39.0 Å². The summed E-state index contributed by atoms with van der Waals surface area (Å²) >= 11 is 0. The number of rotatable bonds is 5. The Morgan fingerprint density at radius 2 is 2.33 bits per heavy atom. The van der Waals surface area contributed by atoms with Crippen LogP contribution in [0.25, 0.3) is 0 Å². The number of nitrogens with zero attached hydrogens (tertiary/aromatic N) is 4. The Morgan fingerprint density at radius 3 is 3.05 bits per heavy atom. The highest BCUT2D eigenvalue weighted by atomic mass is 16.3. The van der Waals surface area contributed by atoms with E-state index in [0.29, 0.717) is 12.5 Å². The van der Waals surface area contributed by atoms with E-state index in [9.17, 15) is 5.11 Å². The molecule has 6 heteroatoms. The molecule has 1 fully saturated rings. The molecule has 1 unspecified atom stereocenters. The maximum absolute atomic E-state index is 10.7. The van der Waals surface area contributed by atoms with E-state index in [2.05, 4.69) is 40.2 Å². The fourth-order valence-electron chi connectivity index (χ4n) is 2.96. The zero-order valence-electron chi connectivity index (χ0n) is 12.7. The molecule has 0 radical (unpaired) electrons. The van der Waals surface area contributed by atoms with Gasteiger partial charge in [0.1, 0.15) is 5.60 Å². The summed E-state index contributed by atoms with van der Waals surface area (Å²) in [5.74, 6) is 0.593. The van der Waals surface area contributed by atoms with E-state index in [4.69, 9.17) is 0 Å². The lowest BCUT2D eigenvalue weighted by Crippen LogP contribution is -2.30. The molecule has 2 aromatic rings. The summed E-state index contributed by atoms with van der Waals surface area (Å²) in [5, 5.41) is 21.9. The lowest BCUT2D eigenvalue weighted by atomic mass is 9.99. The molecule has 0 bridgehead atoms. The molecule has 114 valence electrons. The minimum Gasteiger partial charge on any atom is -0.382 e. The largest absolute Gasteiger partial charge is 0.382 e. The molecule has 2 aromatic heterocycles. The Morgan fingerprint density at radius 1 is 1.48 bits per heavy atom. The van der Waals surface area contributed by atoms with Crippen LogP contribution in [-0.4, -0.2) is 43.1 Å². The van der Waals surface area contributed by atoms with Gasteiger partial charge in [-0.25, -0.2) is 0 Å². The quantitative estimate of drug-likeness (QED) is 0.872. The van der Waals surface area contributed by atoms with Gasteiger partial charge in [-0.05, 0) is 18.4 Å². The van der Waals surface area contributed by atoms with E-state index in [-0.39, 0.29) is 0 Å². The van der Waals surface area contributed by atoms with Gasteiger partial charge >= 0.3 is 0 Å². The maximum Gasteiger partial charge on any atom is 0.120 e. The predicted octanol–water partition coefficient (Wildman–Crippen LogP) is 1.36. The van der Waals surface area contributed by atoms with Crippen LogP contribution in [0.5, 0.6) is 0 Å². The molecule has 0 aromatic carbocycles. The van der Waals surface area contributed by atoms with Crippen molar-refractivity contribution in [1.82, 2.24) is 24.9 Å². The van der Waals surface area contributed by atoms with Crippen molar-refractivity contribution in [3.05, 3.63) is 35.9 Å². The van der Waals surface area contributed by atoms with Crippen molar-refractivity contribution < 1.29 is 5.11 Å². The van der Waals surface area contributed by atoms with E-state index in [0.717, 1.165) is 31.7 Å². The zero-order chi connectivity index (χ0) is 14.9. The van der Waals surface area contributed by atoms with Gasteiger partial charge in [0, 0.05) is 44.1 Å². The molecule has 0 amide bonds. The van der Waals surface area contributed by atoms with Gasteiger partial charge in [0.2, 0.25) is 0 Å². The van der Waals surface area contributed by atoms with Crippen molar-refractivity contribution in [1.29, 1.82) is 0 Å². The van der Waals surface area contributed by atoms with Crippen LogP contribution in [0, 0.1) is 5.92 Å².